The van der Waals surface area contributed by atoms with E-state index in [1.165, 1.54) is 11.1 Å². The van der Waals surface area contributed by atoms with Crippen LogP contribution >= 0.6 is 11.6 Å². The van der Waals surface area contributed by atoms with Gasteiger partial charge in [-0.05, 0) is 66.8 Å². The fraction of sp³-hybridized carbons (Fsp3) is 0.217. The first-order chi connectivity index (χ1) is 13.4. The Morgan fingerprint density at radius 3 is 2.39 bits per heavy atom. The van der Waals surface area contributed by atoms with Gasteiger partial charge < -0.3 is 9.88 Å². The molecule has 1 heterocycles. The molecule has 1 amide bonds. The molecule has 0 fully saturated rings. The van der Waals surface area contributed by atoms with Crippen molar-refractivity contribution < 1.29 is 9.59 Å². The first-order valence-electron chi connectivity index (χ1n) is 9.22. The summed E-state index contributed by atoms with van der Waals surface area (Å²) in [6.45, 7) is 5.07. The number of carbonyl (C=O) groups excluding carboxylic acids is 2. The van der Waals surface area contributed by atoms with Crippen molar-refractivity contribution in [3.63, 3.8) is 0 Å². The first-order valence-corrected chi connectivity index (χ1v) is 9.60. The van der Waals surface area contributed by atoms with Crippen LogP contribution in [-0.2, 0) is 17.8 Å². The molecule has 0 aliphatic rings. The summed E-state index contributed by atoms with van der Waals surface area (Å²) in [5, 5.41) is 3.38. The lowest BCUT2D eigenvalue weighted by Crippen LogP contribution is -2.33. The van der Waals surface area contributed by atoms with E-state index in [0.29, 0.717) is 30.2 Å². The molecule has 3 aromatic rings. The molecule has 0 aliphatic carbocycles. The molecule has 144 valence electrons. The van der Waals surface area contributed by atoms with Gasteiger partial charge in [0.1, 0.15) is 0 Å². The van der Waals surface area contributed by atoms with E-state index in [2.05, 4.69) is 31.3 Å². The lowest BCUT2D eigenvalue weighted by Gasteiger charge is -2.11. The molecule has 0 saturated heterocycles. The summed E-state index contributed by atoms with van der Waals surface area (Å²) in [6.07, 6.45) is 2.46. The molecule has 4 nitrogen and oxygen atoms in total. The van der Waals surface area contributed by atoms with Gasteiger partial charge in [-0.25, -0.2) is 0 Å². The minimum atomic E-state index is -0.589. The van der Waals surface area contributed by atoms with E-state index in [1.807, 2.05) is 41.1 Å². The zero-order chi connectivity index (χ0) is 20.1. The predicted octanol–water partition coefficient (Wildman–Crippen LogP) is 4.35. The number of nitrogens with one attached hydrogen (secondary N) is 1. The summed E-state index contributed by atoms with van der Waals surface area (Å²) in [7, 11) is 0. The number of hydrogen-bond acceptors (Lipinski definition) is 2. The van der Waals surface area contributed by atoms with Crippen LogP contribution in [0.25, 0.3) is 0 Å². The lowest BCUT2D eigenvalue weighted by molar-refractivity contribution is -0.117. The van der Waals surface area contributed by atoms with Gasteiger partial charge in [0.2, 0.25) is 0 Å². The van der Waals surface area contributed by atoms with Crippen molar-refractivity contribution in [2.45, 2.75) is 26.8 Å². The van der Waals surface area contributed by atoms with Gasteiger partial charge >= 0.3 is 0 Å². The molecule has 0 unspecified atom stereocenters. The van der Waals surface area contributed by atoms with Crippen LogP contribution < -0.4 is 5.32 Å². The highest BCUT2D eigenvalue weighted by Gasteiger charge is 2.19. The van der Waals surface area contributed by atoms with Crippen LogP contribution in [0.4, 0.5) is 0 Å². The van der Waals surface area contributed by atoms with Crippen molar-refractivity contribution in [1.29, 1.82) is 0 Å². The fourth-order valence-electron chi connectivity index (χ4n) is 3.02. The predicted molar refractivity (Wildman–Crippen MR) is 112 cm³/mol. The quantitative estimate of drug-likeness (QED) is 0.478. The smallest absolute Gasteiger partial charge is 0.294 e. The minimum Gasteiger partial charge on any atom is -0.349 e. The van der Waals surface area contributed by atoms with Crippen LogP contribution in [0.3, 0.4) is 0 Å². The van der Waals surface area contributed by atoms with Gasteiger partial charge in [-0.3, -0.25) is 9.59 Å². The second-order valence-corrected chi connectivity index (χ2v) is 7.34. The summed E-state index contributed by atoms with van der Waals surface area (Å²) in [6, 6.07) is 17.1. The number of aromatic nitrogens is 1. The topological polar surface area (TPSA) is 51.1 Å². The third-order valence-corrected chi connectivity index (χ3v) is 5.06. The summed E-state index contributed by atoms with van der Waals surface area (Å²) in [5.41, 5.74) is 4.97. The van der Waals surface area contributed by atoms with Crippen LogP contribution in [-0.4, -0.2) is 22.8 Å². The van der Waals surface area contributed by atoms with Crippen LogP contribution in [0, 0.1) is 13.8 Å². The van der Waals surface area contributed by atoms with Crippen molar-refractivity contribution in [2.24, 2.45) is 0 Å². The third-order valence-electron chi connectivity index (χ3n) is 4.81. The molecule has 28 heavy (non-hydrogen) atoms. The van der Waals surface area contributed by atoms with Crippen molar-refractivity contribution in [3.8, 4) is 0 Å². The van der Waals surface area contributed by atoms with E-state index in [9.17, 15) is 9.59 Å². The fourth-order valence-corrected chi connectivity index (χ4v) is 3.15. The van der Waals surface area contributed by atoms with Crippen LogP contribution in [0.1, 0.15) is 32.7 Å². The number of nitrogens with zero attached hydrogens (tertiary/aromatic N) is 1. The number of benzene rings is 2. The normalized spacial score (nSPS) is 10.7. The summed E-state index contributed by atoms with van der Waals surface area (Å²) >= 11 is 5.87. The Morgan fingerprint density at radius 2 is 1.68 bits per heavy atom. The molecule has 2 aromatic carbocycles. The summed E-state index contributed by atoms with van der Waals surface area (Å²) in [4.78, 5) is 24.9. The Bertz CT molecular complexity index is 990. The first kappa shape index (κ1) is 19.9. The van der Waals surface area contributed by atoms with Crippen molar-refractivity contribution in [2.75, 3.05) is 6.54 Å². The molecule has 0 atom stereocenters. The highest BCUT2D eigenvalue weighted by molar-refractivity contribution is 6.42. The number of amides is 1. The molecular formula is C23H23ClN2O2. The SMILES string of the molecule is Cc1ccc(Cn2cccc2C(=O)C(=O)NCCc2ccc(Cl)cc2)cc1C. The molecule has 0 radical (unpaired) electrons. The average molecular weight is 395 g/mol. The van der Waals surface area contributed by atoms with Crippen molar-refractivity contribution in [1.82, 2.24) is 9.88 Å². The molecule has 1 N–H and O–H groups in total. The zero-order valence-corrected chi connectivity index (χ0v) is 16.8. The highest BCUT2D eigenvalue weighted by atomic mass is 35.5. The van der Waals surface area contributed by atoms with Crippen LogP contribution in [0.2, 0.25) is 5.02 Å². The minimum absolute atomic E-state index is 0.391. The van der Waals surface area contributed by atoms with Gasteiger partial charge in [0.15, 0.2) is 0 Å². The molecule has 3 rings (SSSR count). The maximum absolute atomic E-state index is 12.6. The largest absolute Gasteiger partial charge is 0.349 e. The number of carbonyl (C=O) groups is 2. The second-order valence-electron chi connectivity index (χ2n) is 6.90. The van der Waals surface area contributed by atoms with Crippen LogP contribution in [0.15, 0.2) is 60.8 Å². The number of halogens is 1. The van der Waals surface area contributed by atoms with E-state index < -0.39 is 11.7 Å². The summed E-state index contributed by atoms with van der Waals surface area (Å²) in [5.74, 6) is -1.11. The number of Topliss-reactive ketones (excluding diaryl/α,β-unsaturated/α-hetero) is 1. The Balaban J connectivity index is 1.61. The third kappa shape index (κ3) is 4.90. The number of rotatable bonds is 7. The molecule has 0 spiro atoms. The number of ketones is 1. The van der Waals surface area contributed by atoms with Gasteiger partial charge in [-0.2, -0.15) is 0 Å². The standard InChI is InChI=1S/C23H23ClN2O2/c1-16-5-6-19(14-17(16)2)15-26-13-3-4-21(26)22(27)23(28)25-12-11-18-7-9-20(24)10-8-18/h3-10,13-14H,11-12,15H2,1-2H3,(H,25,28). The van der Waals surface area contributed by atoms with E-state index in [0.717, 1.165) is 11.1 Å². The number of aryl methyl sites for hydroxylation is 2. The Kier molecular flexibility index (Phi) is 6.32. The zero-order valence-electron chi connectivity index (χ0n) is 16.0. The van der Waals surface area contributed by atoms with E-state index in [4.69, 9.17) is 11.6 Å². The van der Waals surface area contributed by atoms with E-state index in [1.54, 1.807) is 12.1 Å². The number of hydrogen-bond donors (Lipinski definition) is 1. The maximum atomic E-state index is 12.6. The summed E-state index contributed by atoms with van der Waals surface area (Å²) < 4.78 is 1.81. The molecule has 1 aromatic heterocycles. The molecule has 5 heteroatoms. The monoisotopic (exact) mass is 394 g/mol. The van der Waals surface area contributed by atoms with Crippen molar-refractivity contribution >= 4 is 23.3 Å². The Morgan fingerprint density at radius 1 is 0.964 bits per heavy atom. The molecule has 0 bridgehead atoms. The van der Waals surface area contributed by atoms with Crippen LogP contribution in [0.5, 0.6) is 0 Å². The average Bonchev–Trinajstić information content (AvgIpc) is 3.13. The lowest BCUT2D eigenvalue weighted by atomic mass is 10.1. The van der Waals surface area contributed by atoms with Gasteiger partial charge in [-0.15, -0.1) is 0 Å². The van der Waals surface area contributed by atoms with Gasteiger partial charge in [0, 0.05) is 24.3 Å². The maximum Gasteiger partial charge on any atom is 0.294 e. The highest BCUT2D eigenvalue weighted by Crippen LogP contribution is 2.14. The second kappa shape index (κ2) is 8.89. The van der Waals surface area contributed by atoms with E-state index >= 15 is 0 Å². The van der Waals surface area contributed by atoms with Gasteiger partial charge in [0.05, 0.1) is 5.69 Å². The van der Waals surface area contributed by atoms with Crippen molar-refractivity contribution in [3.05, 3.63) is 93.8 Å². The Hall–Kier alpha value is -2.85. The Labute approximate surface area is 170 Å². The molecular weight excluding hydrogens is 372 g/mol. The molecule has 0 saturated carbocycles. The van der Waals surface area contributed by atoms with Gasteiger partial charge in [0.25, 0.3) is 11.7 Å². The molecule has 0 aliphatic heterocycles. The van der Waals surface area contributed by atoms with E-state index in [-0.39, 0.29) is 0 Å². The van der Waals surface area contributed by atoms with Gasteiger partial charge in [-0.1, -0.05) is 41.9 Å².